The van der Waals surface area contributed by atoms with Crippen LogP contribution in [-0.4, -0.2) is 48.2 Å². The molecule has 0 aliphatic carbocycles. The van der Waals surface area contributed by atoms with Crippen LogP contribution in [0.3, 0.4) is 0 Å². The molecule has 12 heteroatoms. The van der Waals surface area contributed by atoms with Gasteiger partial charge in [-0.25, -0.2) is 29.9 Å². The van der Waals surface area contributed by atoms with E-state index in [9.17, 15) is 0 Å². The van der Waals surface area contributed by atoms with E-state index in [0.29, 0.717) is 5.82 Å². The van der Waals surface area contributed by atoms with Crippen molar-refractivity contribution in [2.45, 2.75) is 0 Å². The van der Waals surface area contributed by atoms with Gasteiger partial charge >= 0.3 is 0 Å². The van der Waals surface area contributed by atoms with Crippen molar-refractivity contribution >= 4 is 206 Å². The molecule has 0 aliphatic rings. The van der Waals surface area contributed by atoms with Crippen molar-refractivity contribution in [3.8, 4) is 90.6 Å². The Bertz CT molecular complexity index is 10700. The largest absolute Gasteiger partial charge is 0.456 e. The van der Waals surface area contributed by atoms with E-state index in [1.807, 2.05) is 78.1 Å². The number of para-hydroxylation sites is 10. The summed E-state index contributed by atoms with van der Waals surface area (Å²) in [4.78, 5) is 30.8. The van der Waals surface area contributed by atoms with Gasteiger partial charge in [0.2, 0.25) is 0 Å². The maximum atomic E-state index is 6.25. The molecular weight excluding hydrogens is 1770 g/mol. The van der Waals surface area contributed by atoms with Gasteiger partial charge in [-0.15, -0.1) is 11.3 Å². The summed E-state index contributed by atoms with van der Waals surface area (Å²) in [5, 5.41) is 24.4. The smallest absolute Gasteiger partial charge is 0.165 e. The molecule has 0 saturated heterocycles. The first-order valence-electron chi connectivity index (χ1n) is 48.7. The lowest BCUT2D eigenvalue weighted by Crippen LogP contribution is -2.03. The third-order valence-corrected chi connectivity index (χ3v) is 30.1. The van der Waals surface area contributed by atoms with Crippen molar-refractivity contribution < 1.29 is 4.42 Å². The first kappa shape index (κ1) is 82.0. The van der Waals surface area contributed by atoms with Gasteiger partial charge in [-0.1, -0.05) is 340 Å². The number of fused-ring (bicyclic) bond motifs is 30. The summed E-state index contributed by atoms with van der Waals surface area (Å²) in [7, 11) is 0. The van der Waals surface area contributed by atoms with Crippen LogP contribution in [-0.2, 0) is 0 Å². The number of thiophene rings is 1. The highest BCUT2D eigenvalue weighted by molar-refractivity contribution is 7.26. The molecule has 0 N–H and O–H groups in total. The Morgan fingerprint density at radius 2 is 0.521 bits per heavy atom. The molecule has 31 rings (SSSR count). The second kappa shape index (κ2) is 33.3. The number of rotatable bonds is 10. The van der Waals surface area contributed by atoms with E-state index in [4.69, 9.17) is 34.3 Å². The summed E-state index contributed by atoms with van der Waals surface area (Å²) >= 11 is 1.89. The summed E-state index contributed by atoms with van der Waals surface area (Å²) in [6.07, 6.45) is 0. The molecule has 0 atom stereocenters. The second-order valence-corrected chi connectivity index (χ2v) is 38.0. The van der Waals surface area contributed by atoms with Crippen LogP contribution in [0, 0.1) is 0 Å². The van der Waals surface area contributed by atoms with Crippen molar-refractivity contribution in [2.24, 2.45) is 0 Å². The first-order chi connectivity index (χ1) is 71.4. The van der Waals surface area contributed by atoms with Crippen LogP contribution in [0.2, 0.25) is 0 Å². The number of hydrogen-bond donors (Lipinski definition) is 0. The zero-order valence-corrected chi connectivity index (χ0v) is 78.3. The van der Waals surface area contributed by atoms with E-state index in [2.05, 4.69) is 437 Å². The van der Waals surface area contributed by atoms with Gasteiger partial charge in [0.15, 0.2) is 17.5 Å². The maximum Gasteiger partial charge on any atom is 0.165 e. The number of hydrogen-bond acceptors (Lipinski definition) is 8. The molecule has 0 aliphatic heterocycles. The first-order valence-corrected chi connectivity index (χ1v) is 49.5. The standard InChI is InChI=1S/C48H30N4.C42H25N3O.C42H25N3S/c1-3-13-31(14-4-1)32-23-25-33(26-24-32)46-48(50-41-20-10-9-19-40(41)49-46)52-43-22-12-8-18-39(43)45-36-27-28-37-35-17-7-11-21-42(35)51(34-15-5-2-6-16-34)47(37)38(36)29-30-44(45)52;1-2-10-26(11-3-1)40-33-13-4-7-15-35(33)43-42(44-40)27-18-20-28(21-19-27)45-36-16-8-5-12-29(36)31-23-22-30-32(41(31)45)24-25-38-39(30)34-14-6-9-17-37(34)46-38;1-2-10-26(11-3-1)40-33-13-4-7-15-35(33)43-42(44-40)27-18-20-28(21-19-27)45-36-16-8-5-14-34(36)39-30-22-23-31-29-12-6-9-17-38(29)46-41(31)32(30)24-25-37(39)45/h1-30H;2*1-25H. The highest BCUT2D eigenvalue weighted by atomic mass is 32.1. The van der Waals surface area contributed by atoms with Crippen LogP contribution in [0.1, 0.15) is 0 Å². The lowest BCUT2D eigenvalue weighted by atomic mass is 10.0. The molecule has 11 nitrogen and oxygen atoms in total. The van der Waals surface area contributed by atoms with E-state index in [1.54, 1.807) is 0 Å². The Labute approximate surface area is 828 Å². The van der Waals surface area contributed by atoms with Crippen molar-refractivity contribution in [3.63, 3.8) is 0 Å². The summed E-state index contributed by atoms with van der Waals surface area (Å²) in [5.74, 6) is 2.26. The fourth-order valence-corrected chi connectivity index (χ4v) is 23.7. The summed E-state index contributed by atoms with van der Waals surface area (Å²) in [6.45, 7) is 0. The molecule has 0 bridgehead atoms. The molecule has 9 heterocycles. The van der Waals surface area contributed by atoms with Crippen LogP contribution in [0.25, 0.3) is 285 Å². The molecule has 144 heavy (non-hydrogen) atoms. The lowest BCUT2D eigenvalue weighted by Gasteiger charge is -2.14. The van der Waals surface area contributed by atoms with Crippen molar-refractivity contribution in [2.75, 3.05) is 0 Å². The monoisotopic (exact) mass is 1850 g/mol. The normalized spacial score (nSPS) is 11.9. The minimum atomic E-state index is 0.714. The van der Waals surface area contributed by atoms with E-state index in [1.165, 1.54) is 140 Å². The Balaban J connectivity index is 0.000000103. The van der Waals surface area contributed by atoms with Gasteiger partial charge in [0, 0.05) is 146 Å². The highest BCUT2D eigenvalue weighted by Crippen LogP contribution is 2.49. The molecule has 0 saturated carbocycles. The number of aromatic nitrogens is 10. The van der Waals surface area contributed by atoms with Crippen LogP contribution in [0.4, 0.5) is 0 Å². The highest BCUT2D eigenvalue weighted by Gasteiger charge is 2.27. The molecule has 0 radical (unpaired) electrons. The SMILES string of the molecule is c1ccc(-c2ccc(-c3nc4ccccc4nc3-n3c4ccccc4c4c5ccc6c7ccccc7n(-c7ccccc7)c6c5ccc43)cc2)cc1.c1ccc(-c2nc(-c3ccc(-n4c5ccccc5c5c6ccc7c8ccccc8sc7c6ccc54)cc3)nc3ccccc23)cc1.c1ccc(-c2nc(-c3ccc(-n4c5ccccc5c5ccc6c(ccc7oc8ccccc8c76)c54)cc3)nc3ccccc23)cc1. The molecule has 9 aromatic heterocycles. The Kier molecular flexibility index (Phi) is 19.0. The summed E-state index contributed by atoms with van der Waals surface area (Å²) < 4.78 is 18.5. The summed E-state index contributed by atoms with van der Waals surface area (Å²) in [6, 6.07) is 172. The van der Waals surface area contributed by atoms with Gasteiger partial charge in [0.25, 0.3) is 0 Å². The number of furan rings is 1. The minimum absolute atomic E-state index is 0.714. The fraction of sp³-hybridized carbons (Fsp3) is 0. The topological polar surface area (TPSA) is 110 Å². The fourth-order valence-electron chi connectivity index (χ4n) is 22.5. The van der Waals surface area contributed by atoms with E-state index in [-0.39, 0.29) is 0 Å². The van der Waals surface area contributed by atoms with E-state index in [0.717, 1.165) is 139 Å². The molecule has 670 valence electrons. The Hall–Kier alpha value is -19.1. The zero-order chi connectivity index (χ0) is 94.6. The van der Waals surface area contributed by atoms with Crippen LogP contribution >= 0.6 is 11.3 Å². The molecule has 0 unspecified atom stereocenters. The van der Waals surface area contributed by atoms with Crippen LogP contribution in [0.15, 0.2) is 490 Å². The van der Waals surface area contributed by atoms with Crippen LogP contribution < -0.4 is 0 Å². The van der Waals surface area contributed by atoms with Gasteiger partial charge < -0.3 is 18.1 Å². The lowest BCUT2D eigenvalue weighted by molar-refractivity contribution is 0.669. The maximum absolute atomic E-state index is 6.25. The average molecular weight is 1850 g/mol. The van der Waals surface area contributed by atoms with Crippen molar-refractivity contribution in [3.05, 3.63) is 485 Å². The van der Waals surface area contributed by atoms with Gasteiger partial charge in [-0.05, 0) is 173 Å². The number of benzene rings is 22. The Morgan fingerprint density at radius 1 is 0.174 bits per heavy atom. The van der Waals surface area contributed by atoms with Gasteiger partial charge in [0.1, 0.15) is 16.9 Å². The van der Waals surface area contributed by atoms with Crippen LogP contribution in [0.5, 0.6) is 0 Å². The molecule has 0 amide bonds. The Morgan fingerprint density at radius 3 is 1.08 bits per heavy atom. The molecule has 0 spiro atoms. The molecule has 22 aromatic carbocycles. The quantitative estimate of drug-likeness (QED) is 0.134. The predicted molar refractivity (Wildman–Crippen MR) is 601 cm³/mol. The zero-order valence-electron chi connectivity index (χ0n) is 77.5. The van der Waals surface area contributed by atoms with Gasteiger partial charge in [-0.3, -0.25) is 4.57 Å². The van der Waals surface area contributed by atoms with Gasteiger partial charge in [-0.2, -0.15) is 0 Å². The number of nitrogens with zero attached hydrogens (tertiary/aromatic N) is 10. The second-order valence-electron chi connectivity index (χ2n) is 36.9. The average Bonchev–Trinajstić information content (AvgIpc) is 1.55. The van der Waals surface area contributed by atoms with Crippen molar-refractivity contribution in [1.29, 1.82) is 0 Å². The third kappa shape index (κ3) is 13.2. The van der Waals surface area contributed by atoms with E-state index < -0.39 is 0 Å². The molecule has 31 aromatic rings. The van der Waals surface area contributed by atoms with Gasteiger partial charge in [0.05, 0.1) is 77.6 Å². The molecular formula is C132H80N10OS. The van der Waals surface area contributed by atoms with Crippen molar-refractivity contribution in [1.82, 2.24) is 48.2 Å². The predicted octanol–water partition coefficient (Wildman–Crippen LogP) is 35.0. The summed E-state index contributed by atoms with van der Waals surface area (Å²) in [5.41, 5.74) is 28.4. The third-order valence-electron chi connectivity index (χ3n) is 28.9. The molecule has 0 fully saturated rings. The van der Waals surface area contributed by atoms with E-state index >= 15 is 0 Å². The minimum Gasteiger partial charge on any atom is -0.456 e.